The van der Waals surface area contributed by atoms with Gasteiger partial charge in [0.05, 0.1) is 6.04 Å². The second-order valence-corrected chi connectivity index (χ2v) is 7.99. The Labute approximate surface area is 166 Å². The molecule has 2 amide bonds. The van der Waals surface area contributed by atoms with Crippen LogP contribution in [0, 0.1) is 0 Å². The van der Waals surface area contributed by atoms with Gasteiger partial charge in [-0.3, -0.25) is 9.59 Å². The summed E-state index contributed by atoms with van der Waals surface area (Å²) in [6.45, 7) is 2.01. The number of nitrogens with zero attached hydrogens (tertiary/aromatic N) is 1. The molecule has 2 atom stereocenters. The molecular formula is C24H28N2O2. The third-order valence-corrected chi connectivity index (χ3v) is 6.15. The van der Waals surface area contributed by atoms with E-state index < -0.39 is 6.04 Å². The van der Waals surface area contributed by atoms with Crippen LogP contribution in [0.1, 0.15) is 79.0 Å². The Balaban J connectivity index is 1.64. The monoisotopic (exact) mass is 376 g/mol. The van der Waals surface area contributed by atoms with Crippen LogP contribution in [0.15, 0.2) is 54.6 Å². The summed E-state index contributed by atoms with van der Waals surface area (Å²) in [4.78, 5) is 28.4. The first-order valence-corrected chi connectivity index (χ1v) is 10.4. The maximum atomic E-state index is 13.4. The predicted octanol–water partition coefficient (Wildman–Crippen LogP) is 4.78. The van der Waals surface area contributed by atoms with Crippen LogP contribution < -0.4 is 5.32 Å². The molecule has 2 aromatic rings. The summed E-state index contributed by atoms with van der Waals surface area (Å²) in [5, 5.41) is 3.27. The van der Waals surface area contributed by atoms with Crippen molar-refractivity contribution in [2.24, 2.45) is 0 Å². The highest BCUT2D eigenvalue weighted by Crippen LogP contribution is 2.40. The molecule has 4 rings (SSSR count). The maximum Gasteiger partial charge on any atom is 0.255 e. The fraction of sp³-hybridized carbons (Fsp3) is 0.417. The highest BCUT2D eigenvalue weighted by Gasteiger charge is 2.43. The summed E-state index contributed by atoms with van der Waals surface area (Å²) in [5.41, 5.74) is 2.50. The van der Waals surface area contributed by atoms with Crippen LogP contribution in [0.5, 0.6) is 0 Å². The third kappa shape index (κ3) is 3.56. The predicted molar refractivity (Wildman–Crippen MR) is 110 cm³/mol. The zero-order valence-electron chi connectivity index (χ0n) is 16.4. The fourth-order valence-electron chi connectivity index (χ4n) is 4.60. The van der Waals surface area contributed by atoms with Gasteiger partial charge in [0.15, 0.2) is 0 Å². The lowest BCUT2D eigenvalue weighted by Crippen LogP contribution is -2.44. The van der Waals surface area contributed by atoms with Crippen LogP contribution >= 0.6 is 0 Å². The topological polar surface area (TPSA) is 49.4 Å². The molecule has 28 heavy (non-hydrogen) atoms. The lowest BCUT2D eigenvalue weighted by Gasteiger charge is -2.32. The van der Waals surface area contributed by atoms with Gasteiger partial charge in [0.25, 0.3) is 5.91 Å². The van der Waals surface area contributed by atoms with Gasteiger partial charge in [0.2, 0.25) is 5.91 Å². The van der Waals surface area contributed by atoms with E-state index in [1.54, 1.807) is 4.90 Å². The highest BCUT2D eigenvalue weighted by molar-refractivity contribution is 6.05. The Morgan fingerprint density at radius 2 is 1.61 bits per heavy atom. The van der Waals surface area contributed by atoms with Crippen LogP contribution in [-0.4, -0.2) is 22.8 Å². The number of carbonyl (C=O) groups is 2. The minimum absolute atomic E-state index is 0.0482. The summed E-state index contributed by atoms with van der Waals surface area (Å²) in [6.07, 6.45) is 6.87. The van der Waals surface area contributed by atoms with Crippen molar-refractivity contribution in [2.75, 3.05) is 0 Å². The Hall–Kier alpha value is -2.62. The molecule has 4 nitrogen and oxygen atoms in total. The summed E-state index contributed by atoms with van der Waals surface area (Å²) in [6, 6.07) is 16.9. The van der Waals surface area contributed by atoms with Gasteiger partial charge in [-0.1, -0.05) is 74.2 Å². The second kappa shape index (κ2) is 8.17. The van der Waals surface area contributed by atoms with Crippen molar-refractivity contribution >= 4 is 11.8 Å². The van der Waals surface area contributed by atoms with Crippen molar-refractivity contribution < 1.29 is 9.59 Å². The van der Waals surface area contributed by atoms with Gasteiger partial charge in [-0.2, -0.15) is 0 Å². The molecule has 4 heteroatoms. The molecule has 0 bridgehead atoms. The smallest absolute Gasteiger partial charge is 0.255 e. The minimum Gasteiger partial charge on any atom is -0.351 e. The zero-order valence-corrected chi connectivity index (χ0v) is 16.4. The van der Waals surface area contributed by atoms with E-state index in [2.05, 4.69) is 5.32 Å². The molecule has 1 heterocycles. The van der Waals surface area contributed by atoms with E-state index >= 15 is 0 Å². The quantitative estimate of drug-likeness (QED) is 0.781. The molecule has 0 radical (unpaired) electrons. The van der Waals surface area contributed by atoms with Gasteiger partial charge >= 0.3 is 0 Å². The second-order valence-electron chi connectivity index (χ2n) is 7.99. The molecule has 0 spiro atoms. The summed E-state index contributed by atoms with van der Waals surface area (Å²) in [7, 11) is 0. The average molecular weight is 377 g/mol. The van der Waals surface area contributed by atoms with Gasteiger partial charge in [0.1, 0.15) is 6.04 Å². The first-order chi connectivity index (χ1) is 13.7. The van der Waals surface area contributed by atoms with Gasteiger partial charge < -0.3 is 10.2 Å². The first kappa shape index (κ1) is 18.7. The van der Waals surface area contributed by atoms with Gasteiger partial charge in [-0.05, 0) is 37.0 Å². The molecule has 0 aromatic heterocycles. The molecule has 1 N–H and O–H groups in total. The van der Waals surface area contributed by atoms with Crippen molar-refractivity contribution in [1.82, 2.24) is 10.2 Å². The Morgan fingerprint density at radius 1 is 0.964 bits per heavy atom. The number of rotatable bonds is 4. The van der Waals surface area contributed by atoms with Crippen molar-refractivity contribution in [3.05, 3.63) is 71.3 Å². The molecule has 1 aliphatic carbocycles. The number of amides is 2. The summed E-state index contributed by atoms with van der Waals surface area (Å²) in [5.74, 6) is -0.110. The standard InChI is InChI=1S/C24H28N2O2/c1-17(18-11-5-4-6-12-18)26-22(20-15-9-10-16-21(20)24(26)28)23(27)25-19-13-7-2-3-8-14-19/h4-6,9-12,15-17,19,22H,2-3,7-8,13-14H2,1H3,(H,25,27)/t17-,22+/m0/s1. The van der Waals surface area contributed by atoms with Crippen LogP contribution in [0.2, 0.25) is 0 Å². The van der Waals surface area contributed by atoms with Crippen molar-refractivity contribution in [3.8, 4) is 0 Å². The van der Waals surface area contributed by atoms with E-state index in [9.17, 15) is 9.59 Å². The summed E-state index contributed by atoms with van der Waals surface area (Å²) < 4.78 is 0. The molecule has 0 saturated heterocycles. The number of benzene rings is 2. The molecule has 0 unspecified atom stereocenters. The molecule has 1 aliphatic heterocycles. The van der Waals surface area contributed by atoms with Crippen molar-refractivity contribution in [1.29, 1.82) is 0 Å². The van der Waals surface area contributed by atoms with E-state index in [4.69, 9.17) is 0 Å². The van der Waals surface area contributed by atoms with Crippen molar-refractivity contribution in [3.63, 3.8) is 0 Å². The van der Waals surface area contributed by atoms with Crippen molar-refractivity contribution in [2.45, 2.75) is 63.6 Å². The first-order valence-electron chi connectivity index (χ1n) is 10.4. The fourth-order valence-corrected chi connectivity index (χ4v) is 4.60. The average Bonchev–Trinajstić information content (AvgIpc) is 2.86. The molecule has 146 valence electrons. The molecule has 2 aromatic carbocycles. The zero-order chi connectivity index (χ0) is 19.5. The normalized spacial score (nSPS) is 21.1. The van der Waals surface area contributed by atoms with E-state index in [0.717, 1.165) is 36.8 Å². The highest BCUT2D eigenvalue weighted by atomic mass is 16.2. The number of carbonyl (C=O) groups excluding carboxylic acids is 2. The summed E-state index contributed by atoms with van der Waals surface area (Å²) >= 11 is 0. The van der Waals surface area contributed by atoms with E-state index in [1.807, 2.05) is 61.5 Å². The number of nitrogens with one attached hydrogen (secondary N) is 1. The molecule has 2 aliphatic rings. The van der Waals surface area contributed by atoms with E-state index in [-0.39, 0.29) is 23.9 Å². The van der Waals surface area contributed by atoms with Gasteiger partial charge in [-0.15, -0.1) is 0 Å². The number of fused-ring (bicyclic) bond motifs is 1. The van der Waals surface area contributed by atoms with E-state index in [0.29, 0.717) is 5.56 Å². The molecule has 1 fully saturated rings. The van der Waals surface area contributed by atoms with Crippen LogP contribution in [-0.2, 0) is 4.79 Å². The van der Waals surface area contributed by atoms with E-state index in [1.165, 1.54) is 12.8 Å². The SMILES string of the molecule is C[C@@H](c1ccccc1)N1C(=O)c2ccccc2[C@@H]1C(=O)NC1CCCCCC1. The maximum absolute atomic E-state index is 13.4. The van der Waals surface area contributed by atoms with Gasteiger partial charge in [-0.25, -0.2) is 0 Å². The minimum atomic E-state index is -0.567. The number of hydrogen-bond donors (Lipinski definition) is 1. The Morgan fingerprint density at radius 3 is 2.32 bits per heavy atom. The lowest BCUT2D eigenvalue weighted by molar-refractivity contribution is -0.127. The molecular weight excluding hydrogens is 348 g/mol. The lowest BCUT2D eigenvalue weighted by atomic mass is 10.0. The van der Waals surface area contributed by atoms with Gasteiger partial charge in [0, 0.05) is 11.6 Å². The van der Waals surface area contributed by atoms with Crippen LogP contribution in [0.4, 0.5) is 0 Å². The Bertz CT molecular complexity index is 841. The number of hydrogen-bond acceptors (Lipinski definition) is 2. The Kier molecular flexibility index (Phi) is 5.47. The van der Waals surface area contributed by atoms with Crippen LogP contribution in [0.25, 0.3) is 0 Å². The van der Waals surface area contributed by atoms with Crippen LogP contribution in [0.3, 0.4) is 0 Å². The largest absolute Gasteiger partial charge is 0.351 e. The molecule has 1 saturated carbocycles. The third-order valence-electron chi connectivity index (χ3n) is 6.15.